The summed E-state index contributed by atoms with van der Waals surface area (Å²) < 4.78 is 13.8. The average molecular weight is 466 g/mol. The van der Waals surface area contributed by atoms with E-state index in [-0.39, 0.29) is 27.7 Å². The summed E-state index contributed by atoms with van der Waals surface area (Å²) in [5, 5.41) is 15.0. The molecule has 0 saturated heterocycles. The van der Waals surface area contributed by atoms with Crippen LogP contribution in [0.15, 0.2) is 48.2 Å². The lowest BCUT2D eigenvalue weighted by Crippen LogP contribution is -2.50. The number of rotatable bonds is 7. The maximum Gasteiger partial charge on any atom is 0.326 e. The molecule has 0 aliphatic heterocycles. The van der Waals surface area contributed by atoms with Gasteiger partial charge in [0.15, 0.2) is 5.83 Å². The zero-order chi connectivity index (χ0) is 22.9. The normalized spacial score (nSPS) is 15.8. The van der Waals surface area contributed by atoms with Crippen LogP contribution in [0, 0.1) is 5.41 Å². The van der Waals surface area contributed by atoms with Crippen molar-refractivity contribution in [2.24, 2.45) is 5.41 Å². The van der Waals surface area contributed by atoms with Crippen molar-refractivity contribution in [1.82, 2.24) is 10.3 Å². The van der Waals surface area contributed by atoms with Crippen molar-refractivity contribution < 1.29 is 23.9 Å². The average Bonchev–Trinajstić information content (AvgIpc) is 2.71. The molecule has 31 heavy (non-hydrogen) atoms. The first-order valence-corrected chi connectivity index (χ1v) is 9.91. The van der Waals surface area contributed by atoms with Crippen LogP contribution in [0.1, 0.15) is 29.8 Å². The number of pyridine rings is 1. The fraction of sp³-hybridized carbons (Fsp3) is 0.238. The first-order chi connectivity index (χ1) is 14.5. The maximum absolute atomic E-state index is 13.8. The quantitative estimate of drug-likeness (QED) is 0.569. The Morgan fingerprint density at radius 3 is 2.26 bits per heavy atom. The Bertz CT molecular complexity index is 1080. The first-order valence-electron chi connectivity index (χ1n) is 9.16. The van der Waals surface area contributed by atoms with E-state index in [1.165, 1.54) is 26.2 Å². The molecule has 7 nitrogen and oxygen atoms in total. The van der Waals surface area contributed by atoms with E-state index >= 15 is 0 Å². The lowest BCUT2D eigenvalue weighted by molar-refractivity contribution is -0.140. The molecule has 3 N–H and O–H groups in total. The number of carboxylic acids is 1. The minimum Gasteiger partial charge on any atom is -0.480 e. The van der Waals surface area contributed by atoms with Crippen LogP contribution in [-0.2, 0) is 16.0 Å². The molecule has 1 aliphatic carbocycles. The molecule has 0 spiro atoms. The number of aromatic nitrogens is 1. The Hall–Kier alpha value is -2.97. The number of benzene rings is 1. The number of hydrogen-bond donors (Lipinski definition) is 3. The van der Waals surface area contributed by atoms with Crippen LogP contribution < -0.4 is 10.6 Å². The Morgan fingerprint density at radius 1 is 1.16 bits per heavy atom. The van der Waals surface area contributed by atoms with E-state index < -0.39 is 34.9 Å². The highest BCUT2D eigenvalue weighted by Gasteiger charge is 2.48. The van der Waals surface area contributed by atoms with Gasteiger partial charge in [-0.05, 0) is 31.5 Å². The number of Topliss-reactive ketones (excluding diaryl/α,β-unsaturated/α-hetero) is 1. The van der Waals surface area contributed by atoms with E-state index in [9.17, 15) is 23.9 Å². The summed E-state index contributed by atoms with van der Waals surface area (Å²) >= 11 is 12.0. The standard InChI is InChI=1S/C21H18Cl2FN3O4/c1-21(2)17(16(24)18(21)28)27-14(20(30)31)7-10-3-5-11(6-4-10)26-19(29)15-12(22)8-25-9-13(15)23/h3-6,8-9,14,27H,7H2,1-2H3,(H,26,29)(H,30,31)/t14-/m0/s1. The van der Waals surface area contributed by atoms with Gasteiger partial charge in [0, 0.05) is 24.5 Å². The summed E-state index contributed by atoms with van der Waals surface area (Å²) in [6.07, 6.45) is 2.64. The van der Waals surface area contributed by atoms with Crippen molar-refractivity contribution in [3.63, 3.8) is 0 Å². The number of ketones is 1. The van der Waals surface area contributed by atoms with Crippen molar-refractivity contribution in [3.8, 4) is 0 Å². The third-order valence-corrected chi connectivity index (χ3v) is 5.53. The molecule has 1 atom stereocenters. The Labute approximate surface area is 187 Å². The Morgan fingerprint density at radius 2 is 1.74 bits per heavy atom. The van der Waals surface area contributed by atoms with Gasteiger partial charge in [0.1, 0.15) is 6.04 Å². The maximum atomic E-state index is 13.8. The van der Waals surface area contributed by atoms with E-state index in [2.05, 4.69) is 15.6 Å². The molecule has 1 aromatic heterocycles. The summed E-state index contributed by atoms with van der Waals surface area (Å²) in [6, 6.07) is 5.30. The largest absolute Gasteiger partial charge is 0.480 e. The molecule has 1 aliphatic rings. The molecule has 1 aromatic carbocycles. The van der Waals surface area contributed by atoms with Crippen LogP contribution in [0.5, 0.6) is 0 Å². The fourth-order valence-electron chi connectivity index (χ4n) is 3.11. The molecular weight excluding hydrogens is 448 g/mol. The van der Waals surface area contributed by atoms with Crippen LogP contribution in [0.3, 0.4) is 0 Å². The summed E-state index contributed by atoms with van der Waals surface area (Å²) in [4.78, 5) is 39.4. The number of carboxylic acid groups (broad SMARTS) is 1. The predicted molar refractivity (Wildman–Crippen MR) is 114 cm³/mol. The molecule has 0 saturated carbocycles. The van der Waals surface area contributed by atoms with Gasteiger partial charge in [-0.3, -0.25) is 14.6 Å². The van der Waals surface area contributed by atoms with E-state index in [0.29, 0.717) is 11.3 Å². The number of nitrogens with zero attached hydrogens (tertiary/aromatic N) is 1. The number of anilines is 1. The zero-order valence-corrected chi connectivity index (χ0v) is 18.0. The van der Waals surface area contributed by atoms with E-state index in [1.54, 1.807) is 24.3 Å². The minimum atomic E-state index is -1.19. The minimum absolute atomic E-state index is 0.0140. The molecule has 0 fully saturated rings. The number of aliphatic carboxylic acids is 1. The topological polar surface area (TPSA) is 108 Å². The summed E-state index contributed by atoms with van der Waals surface area (Å²) in [6.45, 7) is 3.05. The second-order valence-corrected chi connectivity index (χ2v) is 8.33. The lowest BCUT2D eigenvalue weighted by Gasteiger charge is -2.36. The molecule has 0 radical (unpaired) electrons. The number of allylic oxidation sites excluding steroid dienone is 2. The lowest BCUT2D eigenvalue weighted by atomic mass is 9.73. The Kier molecular flexibility index (Phi) is 6.33. The number of hydrogen-bond acceptors (Lipinski definition) is 5. The van der Waals surface area contributed by atoms with Crippen molar-refractivity contribution in [2.75, 3.05) is 5.32 Å². The van der Waals surface area contributed by atoms with Crippen molar-refractivity contribution in [2.45, 2.75) is 26.3 Å². The molecule has 1 amide bonds. The smallest absolute Gasteiger partial charge is 0.326 e. The molecule has 10 heteroatoms. The van der Waals surface area contributed by atoms with E-state index in [0.717, 1.165) is 0 Å². The zero-order valence-electron chi connectivity index (χ0n) is 16.5. The van der Waals surface area contributed by atoms with E-state index in [4.69, 9.17) is 23.2 Å². The number of nitrogens with one attached hydrogen (secondary N) is 2. The molecular formula is C21H18Cl2FN3O4. The van der Waals surface area contributed by atoms with Gasteiger partial charge in [-0.15, -0.1) is 0 Å². The van der Waals surface area contributed by atoms with Crippen LogP contribution in [0.25, 0.3) is 0 Å². The SMILES string of the molecule is CC1(C)C(=O)C(F)=C1N[C@@H](Cc1ccc(NC(=O)c2c(Cl)cncc2Cl)cc1)C(=O)O. The molecule has 0 unspecified atom stereocenters. The number of halogens is 3. The van der Waals surface area contributed by atoms with Gasteiger partial charge in [0.25, 0.3) is 5.91 Å². The molecule has 0 bridgehead atoms. The summed E-state index contributed by atoms with van der Waals surface area (Å²) in [7, 11) is 0. The first kappa shape index (κ1) is 22.7. The highest BCUT2D eigenvalue weighted by Crippen LogP contribution is 2.41. The van der Waals surface area contributed by atoms with Crippen molar-refractivity contribution in [1.29, 1.82) is 0 Å². The van der Waals surface area contributed by atoms with Crippen molar-refractivity contribution in [3.05, 3.63) is 69.4 Å². The summed E-state index contributed by atoms with van der Waals surface area (Å²) in [5.74, 6) is -3.30. The monoisotopic (exact) mass is 465 g/mol. The van der Waals surface area contributed by atoms with Crippen LogP contribution in [-0.4, -0.2) is 33.8 Å². The predicted octanol–water partition coefficient (Wildman–Crippen LogP) is 4.02. The van der Waals surface area contributed by atoms with Gasteiger partial charge in [0.05, 0.1) is 26.7 Å². The molecule has 3 rings (SSSR count). The fourth-order valence-corrected chi connectivity index (χ4v) is 3.65. The third kappa shape index (κ3) is 4.55. The number of carbonyl (C=O) groups excluding carboxylic acids is 2. The summed E-state index contributed by atoms with van der Waals surface area (Å²) in [5.41, 5.74) is 0.0614. The van der Waals surface area contributed by atoms with Crippen LogP contribution in [0.4, 0.5) is 10.1 Å². The van der Waals surface area contributed by atoms with Gasteiger partial charge in [-0.2, -0.15) is 0 Å². The Balaban J connectivity index is 1.70. The highest BCUT2D eigenvalue weighted by molar-refractivity contribution is 6.40. The number of amides is 1. The molecule has 2 aromatic rings. The van der Waals surface area contributed by atoms with Crippen molar-refractivity contribution >= 4 is 46.5 Å². The van der Waals surface area contributed by atoms with Gasteiger partial charge >= 0.3 is 5.97 Å². The van der Waals surface area contributed by atoms with Crippen LogP contribution >= 0.6 is 23.2 Å². The van der Waals surface area contributed by atoms with Crippen LogP contribution in [0.2, 0.25) is 10.0 Å². The van der Waals surface area contributed by atoms with Gasteiger partial charge < -0.3 is 15.7 Å². The van der Waals surface area contributed by atoms with Gasteiger partial charge in [-0.1, -0.05) is 35.3 Å². The second-order valence-electron chi connectivity index (χ2n) is 7.51. The third-order valence-electron chi connectivity index (χ3n) is 4.96. The van der Waals surface area contributed by atoms with Gasteiger partial charge in [0.2, 0.25) is 5.78 Å². The second kappa shape index (κ2) is 8.64. The molecule has 162 valence electrons. The van der Waals surface area contributed by atoms with E-state index in [1.807, 2.05) is 0 Å². The number of carbonyl (C=O) groups is 3. The van der Waals surface area contributed by atoms with Gasteiger partial charge in [-0.25, -0.2) is 9.18 Å². The molecule has 1 heterocycles. The highest BCUT2D eigenvalue weighted by atomic mass is 35.5.